The third-order valence-corrected chi connectivity index (χ3v) is 2.78. The monoisotopic (exact) mass is 235 g/mol. The fourth-order valence-electron chi connectivity index (χ4n) is 1.79. The average molecular weight is 235 g/mol. The van der Waals surface area contributed by atoms with E-state index in [0.717, 1.165) is 32.0 Å². The van der Waals surface area contributed by atoms with Gasteiger partial charge in [-0.2, -0.15) is 0 Å². The number of nitrogens with one attached hydrogen (secondary N) is 1. The van der Waals surface area contributed by atoms with Crippen LogP contribution < -0.4 is 10.2 Å². The molecule has 6 nitrogen and oxygen atoms in total. The van der Waals surface area contributed by atoms with E-state index in [-0.39, 0.29) is 5.91 Å². The zero-order valence-corrected chi connectivity index (χ0v) is 9.96. The molecule has 0 unspecified atom stereocenters. The molecule has 2 heterocycles. The van der Waals surface area contributed by atoms with E-state index in [2.05, 4.69) is 15.3 Å². The van der Waals surface area contributed by atoms with E-state index in [1.807, 2.05) is 16.8 Å². The van der Waals surface area contributed by atoms with Crippen LogP contribution in [0.1, 0.15) is 0 Å². The van der Waals surface area contributed by atoms with Gasteiger partial charge in [-0.05, 0) is 0 Å². The Balaban J connectivity index is 1.89. The van der Waals surface area contributed by atoms with E-state index in [1.165, 1.54) is 0 Å². The van der Waals surface area contributed by atoms with Crippen molar-refractivity contribution in [3.05, 3.63) is 18.6 Å². The van der Waals surface area contributed by atoms with Gasteiger partial charge in [-0.15, -0.1) is 0 Å². The second kappa shape index (κ2) is 5.58. The fourth-order valence-corrected chi connectivity index (χ4v) is 1.79. The van der Waals surface area contributed by atoms with Crippen molar-refractivity contribution in [2.45, 2.75) is 0 Å². The summed E-state index contributed by atoms with van der Waals surface area (Å²) >= 11 is 0. The van der Waals surface area contributed by atoms with Gasteiger partial charge in [0.1, 0.15) is 5.82 Å². The molecule has 2 rings (SSSR count). The summed E-state index contributed by atoms with van der Waals surface area (Å²) < 4.78 is 0. The predicted molar refractivity (Wildman–Crippen MR) is 64.8 cm³/mol. The number of carbonyl (C=O) groups excluding carboxylic acids is 1. The normalized spacial score (nSPS) is 15.7. The van der Waals surface area contributed by atoms with E-state index in [1.54, 1.807) is 18.6 Å². The number of hydrogen-bond acceptors (Lipinski definition) is 5. The smallest absolute Gasteiger partial charge is 0.242 e. The van der Waals surface area contributed by atoms with Crippen LogP contribution in [0.25, 0.3) is 0 Å². The van der Waals surface area contributed by atoms with Crippen molar-refractivity contribution in [2.75, 3.05) is 44.7 Å². The lowest BCUT2D eigenvalue weighted by Gasteiger charge is -2.29. The number of rotatable bonds is 3. The number of nitrogens with zero attached hydrogens (tertiary/aromatic N) is 4. The topological polar surface area (TPSA) is 61.4 Å². The highest BCUT2D eigenvalue weighted by atomic mass is 16.2. The molecule has 1 N–H and O–H groups in total. The first-order chi connectivity index (χ1) is 8.27. The van der Waals surface area contributed by atoms with Crippen LogP contribution in [-0.4, -0.2) is 60.5 Å². The Labute approximate surface area is 101 Å². The minimum absolute atomic E-state index is 0.139. The molecule has 0 atom stereocenters. The molecule has 0 radical (unpaired) electrons. The third kappa shape index (κ3) is 3.13. The van der Waals surface area contributed by atoms with Crippen LogP contribution in [0.15, 0.2) is 18.6 Å². The van der Waals surface area contributed by atoms with Gasteiger partial charge in [-0.25, -0.2) is 4.98 Å². The van der Waals surface area contributed by atoms with Crippen molar-refractivity contribution in [3.63, 3.8) is 0 Å². The molecule has 1 fully saturated rings. The molecular weight excluding hydrogens is 218 g/mol. The van der Waals surface area contributed by atoms with E-state index in [9.17, 15) is 4.79 Å². The van der Waals surface area contributed by atoms with Gasteiger partial charge in [0.15, 0.2) is 0 Å². The largest absolute Gasteiger partial charge is 0.349 e. The molecule has 92 valence electrons. The molecule has 1 aromatic rings. The molecule has 1 amide bonds. The molecule has 0 aromatic carbocycles. The zero-order valence-electron chi connectivity index (χ0n) is 9.96. The summed E-state index contributed by atoms with van der Waals surface area (Å²) in [6.07, 6.45) is 4.90. The van der Waals surface area contributed by atoms with Crippen LogP contribution in [0, 0.1) is 0 Å². The van der Waals surface area contributed by atoms with Crippen molar-refractivity contribution < 1.29 is 4.79 Å². The summed E-state index contributed by atoms with van der Waals surface area (Å²) in [6, 6.07) is 0. The Hall–Kier alpha value is -1.69. The van der Waals surface area contributed by atoms with Crippen LogP contribution >= 0.6 is 0 Å². The maximum atomic E-state index is 12.0. The van der Waals surface area contributed by atoms with Gasteiger partial charge in [0, 0.05) is 45.6 Å². The minimum atomic E-state index is 0.139. The van der Waals surface area contributed by atoms with Crippen molar-refractivity contribution in [1.29, 1.82) is 0 Å². The van der Waals surface area contributed by atoms with Crippen LogP contribution in [0.2, 0.25) is 0 Å². The van der Waals surface area contributed by atoms with Crippen molar-refractivity contribution in [3.8, 4) is 0 Å². The lowest BCUT2D eigenvalue weighted by atomic mass is 10.3. The van der Waals surface area contributed by atoms with Gasteiger partial charge in [0.05, 0.1) is 12.7 Å². The Morgan fingerprint density at radius 2 is 2.24 bits per heavy atom. The zero-order chi connectivity index (χ0) is 12.1. The van der Waals surface area contributed by atoms with Gasteiger partial charge >= 0.3 is 0 Å². The minimum Gasteiger partial charge on any atom is -0.349 e. The Bertz CT molecular complexity index is 363. The molecule has 0 aliphatic carbocycles. The van der Waals surface area contributed by atoms with Crippen molar-refractivity contribution >= 4 is 11.7 Å². The van der Waals surface area contributed by atoms with Crippen LogP contribution in [0.3, 0.4) is 0 Å². The van der Waals surface area contributed by atoms with Gasteiger partial charge in [-0.1, -0.05) is 0 Å². The highest BCUT2D eigenvalue weighted by Gasteiger charge is 2.17. The van der Waals surface area contributed by atoms with Gasteiger partial charge in [0.2, 0.25) is 5.91 Å². The summed E-state index contributed by atoms with van der Waals surface area (Å²) in [5.74, 6) is 0.857. The van der Waals surface area contributed by atoms with Crippen molar-refractivity contribution in [1.82, 2.24) is 20.2 Å². The molecule has 1 saturated heterocycles. The molecular formula is C11H17N5O. The number of likely N-dealkylation sites (N-methyl/N-ethyl adjacent to an activating group) is 1. The lowest BCUT2D eigenvalue weighted by molar-refractivity contribution is -0.130. The molecule has 6 heteroatoms. The Morgan fingerprint density at radius 3 is 2.88 bits per heavy atom. The molecule has 0 spiro atoms. The summed E-state index contributed by atoms with van der Waals surface area (Å²) in [7, 11) is 1.85. The molecule has 17 heavy (non-hydrogen) atoms. The fraction of sp³-hybridized carbons (Fsp3) is 0.545. The Kier molecular flexibility index (Phi) is 3.87. The number of amides is 1. The SMILES string of the molecule is CN(CC(=O)N1CCNCC1)c1cnccn1. The van der Waals surface area contributed by atoms with E-state index in [0.29, 0.717) is 6.54 Å². The highest BCUT2D eigenvalue weighted by molar-refractivity contribution is 5.81. The van der Waals surface area contributed by atoms with Gasteiger partial charge < -0.3 is 15.1 Å². The first kappa shape index (κ1) is 11.8. The van der Waals surface area contributed by atoms with Crippen LogP contribution in [0.4, 0.5) is 5.82 Å². The number of piperazine rings is 1. The number of anilines is 1. The number of carbonyl (C=O) groups is 1. The van der Waals surface area contributed by atoms with Gasteiger partial charge in [-0.3, -0.25) is 9.78 Å². The highest BCUT2D eigenvalue weighted by Crippen LogP contribution is 2.05. The first-order valence-electron chi connectivity index (χ1n) is 5.73. The third-order valence-electron chi connectivity index (χ3n) is 2.78. The molecule has 0 bridgehead atoms. The van der Waals surface area contributed by atoms with Gasteiger partial charge in [0.25, 0.3) is 0 Å². The summed E-state index contributed by atoms with van der Waals surface area (Å²) in [4.78, 5) is 23.8. The summed E-state index contributed by atoms with van der Waals surface area (Å²) in [5, 5.41) is 3.22. The second-order valence-corrected chi connectivity index (χ2v) is 4.05. The van der Waals surface area contributed by atoms with Crippen molar-refractivity contribution in [2.24, 2.45) is 0 Å². The Morgan fingerprint density at radius 1 is 1.47 bits per heavy atom. The molecule has 1 aliphatic rings. The average Bonchev–Trinajstić information content (AvgIpc) is 2.40. The quantitative estimate of drug-likeness (QED) is 0.754. The maximum absolute atomic E-state index is 12.0. The van der Waals surface area contributed by atoms with E-state index >= 15 is 0 Å². The standard InChI is InChI=1S/C11H17N5O/c1-15(10-8-13-2-3-14-10)9-11(17)16-6-4-12-5-7-16/h2-3,8,12H,4-7,9H2,1H3. The second-order valence-electron chi connectivity index (χ2n) is 4.05. The molecule has 1 aromatic heterocycles. The first-order valence-corrected chi connectivity index (χ1v) is 5.73. The van der Waals surface area contributed by atoms with E-state index < -0.39 is 0 Å². The number of aromatic nitrogens is 2. The molecule has 0 saturated carbocycles. The van der Waals surface area contributed by atoms with Crippen LogP contribution in [0.5, 0.6) is 0 Å². The number of hydrogen-bond donors (Lipinski definition) is 1. The van der Waals surface area contributed by atoms with Crippen LogP contribution in [-0.2, 0) is 4.79 Å². The summed E-state index contributed by atoms with van der Waals surface area (Å²) in [5.41, 5.74) is 0. The predicted octanol–water partition coefficient (Wildman–Crippen LogP) is -0.655. The maximum Gasteiger partial charge on any atom is 0.242 e. The van der Waals surface area contributed by atoms with E-state index in [4.69, 9.17) is 0 Å². The summed E-state index contributed by atoms with van der Waals surface area (Å²) in [6.45, 7) is 3.67. The lowest BCUT2D eigenvalue weighted by Crippen LogP contribution is -2.49. The molecule has 1 aliphatic heterocycles.